The molecule has 1 N–H and O–H groups in total. The Morgan fingerprint density at radius 2 is 1.63 bits per heavy atom. The summed E-state index contributed by atoms with van der Waals surface area (Å²) in [6.07, 6.45) is 0. The van der Waals surface area contributed by atoms with Gasteiger partial charge in [0.2, 0.25) is 0 Å². The van der Waals surface area contributed by atoms with E-state index in [2.05, 4.69) is 46.4 Å². The van der Waals surface area contributed by atoms with Gasteiger partial charge in [0.1, 0.15) is 16.8 Å². The number of aromatic nitrogens is 3. The molecule has 3 aromatic carbocycles. The van der Waals surface area contributed by atoms with Gasteiger partial charge in [0.15, 0.2) is 6.61 Å². The quantitative estimate of drug-likeness (QED) is 0.334. The summed E-state index contributed by atoms with van der Waals surface area (Å²) in [5.74, 6) is 0.248. The molecule has 1 heterocycles. The van der Waals surface area contributed by atoms with Gasteiger partial charge in [-0.15, -0.1) is 10.2 Å². The average molecular weight is 492 g/mol. The van der Waals surface area contributed by atoms with E-state index in [1.165, 1.54) is 5.69 Å². The maximum atomic E-state index is 12.6. The van der Waals surface area contributed by atoms with Gasteiger partial charge in [0.25, 0.3) is 5.91 Å². The highest BCUT2D eigenvalue weighted by molar-refractivity contribution is 6.32. The number of carbonyl (C=O) groups excluding carboxylic acids is 1. The standard InChI is InChI=1S/C27H30ClN5O2/c1-6-32(7-2)20-8-10-21(11-9-20)33-30-24-14-18(4)23(15-25(24)31-33)29-26(34)16-35-27-19(5)12-17(3)13-22(27)28/h8-15H,6-7,16H2,1-5H3,(H,29,34). The zero-order valence-corrected chi connectivity index (χ0v) is 21.5. The smallest absolute Gasteiger partial charge is 0.262 e. The van der Waals surface area contributed by atoms with Crippen LogP contribution in [-0.4, -0.2) is 40.6 Å². The van der Waals surface area contributed by atoms with Crippen molar-refractivity contribution >= 4 is 39.9 Å². The van der Waals surface area contributed by atoms with Gasteiger partial charge in [-0.05, 0) is 93.8 Å². The molecule has 4 aromatic rings. The Hall–Kier alpha value is -3.58. The maximum absolute atomic E-state index is 12.6. The molecule has 0 saturated carbocycles. The monoisotopic (exact) mass is 491 g/mol. The Morgan fingerprint density at radius 3 is 2.26 bits per heavy atom. The van der Waals surface area contributed by atoms with Crippen LogP contribution >= 0.6 is 11.6 Å². The molecule has 7 nitrogen and oxygen atoms in total. The molecule has 0 aliphatic heterocycles. The lowest BCUT2D eigenvalue weighted by molar-refractivity contribution is -0.118. The van der Waals surface area contributed by atoms with Crippen molar-refractivity contribution in [3.63, 3.8) is 0 Å². The highest BCUT2D eigenvalue weighted by Gasteiger charge is 2.13. The fraction of sp³-hybridized carbons (Fsp3) is 0.296. The number of hydrogen-bond acceptors (Lipinski definition) is 5. The fourth-order valence-corrected chi connectivity index (χ4v) is 4.49. The van der Waals surface area contributed by atoms with Crippen molar-refractivity contribution in [2.45, 2.75) is 34.6 Å². The predicted octanol–water partition coefficient (Wildman–Crippen LogP) is 5.86. The molecular weight excluding hydrogens is 462 g/mol. The maximum Gasteiger partial charge on any atom is 0.262 e. The van der Waals surface area contributed by atoms with Gasteiger partial charge in [0, 0.05) is 24.5 Å². The molecule has 1 amide bonds. The lowest BCUT2D eigenvalue weighted by Crippen LogP contribution is -2.21. The van der Waals surface area contributed by atoms with Crippen LogP contribution in [-0.2, 0) is 4.79 Å². The molecule has 0 bridgehead atoms. The minimum atomic E-state index is -0.275. The number of hydrogen-bond donors (Lipinski definition) is 1. The van der Waals surface area contributed by atoms with Crippen molar-refractivity contribution in [3.05, 3.63) is 70.2 Å². The van der Waals surface area contributed by atoms with Crippen molar-refractivity contribution in [1.82, 2.24) is 15.0 Å². The third kappa shape index (κ3) is 5.41. The number of ether oxygens (including phenoxy) is 1. The van der Waals surface area contributed by atoms with Gasteiger partial charge in [-0.25, -0.2) is 0 Å². The molecule has 35 heavy (non-hydrogen) atoms. The van der Waals surface area contributed by atoms with E-state index in [0.29, 0.717) is 22.0 Å². The Bertz CT molecular complexity index is 1340. The van der Waals surface area contributed by atoms with Crippen molar-refractivity contribution < 1.29 is 9.53 Å². The lowest BCUT2D eigenvalue weighted by Gasteiger charge is -2.20. The molecule has 0 unspecified atom stereocenters. The fourth-order valence-electron chi connectivity index (χ4n) is 4.11. The molecule has 0 aliphatic rings. The summed E-state index contributed by atoms with van der Waals surface area (Å²) in [4.78, 5) is 16.5. The molecule has 0 saturated heterocycles. The van der Waals surface area contributed by atoms with E-state index in [1.807, 2.05) is 57.2 Å². The predicted molar refractivity (Wildman–Crippen MR) is 142 cm³/mol. The van der Waals surface area contributed by atoms with Crippen molar-refractivity contribution in [2.75, 3.05) is 29.9 Å². The number of nitrogens with one attached hydrogen (secondary N) is 1. The third-order valence-corrected chi connectivity index (χ3v) is 6.21. The zero-order chi connectivity index (χ0) is 25.1. The van der Waals surface area contributed by atoms with Gasteiger partial charge in [-0.1, -0.05) is 17.7 Å². The molecule has 182 valence electrons. The summed E-state index contributed by atoms with van der Waals surface area (Å²) in [5, 5.41) is 12.7. The Kier molecular flexibility index (Phi) is 7.26. The molecule has 0 aliphatic carbocycles. The Morgan fingerprint density at radius 1 is 0.971 bits per heavy atom. The second kappa shape index (κ2) is 10.4. The van der Waals surface area contributed by atoms with E-state index < -0.39 is 0 Å². The van der Waals surface area contributed by atoms with Crippen LogP contribution in [0.5, 0.6) is 5.75 Å². The molecular formula is C27H30ClN5O2. The van der Waals surface area contributed by atoms with Crippen LogP contribution in [0, 0.1) is 20.8 Å². The van der Waals surface area contributed by atoms with Crippen LogP contribution in [0.25, 0.3) is 16.7 Å². The Labute approximate surface area is 210 Å². The number of fused-ring (bicyclic) bond motifs is 1. The van der Waals surface area contributed by atoms with Crippen molar-refractivity contribution in [1.29, 1.82) is 0 Å². The number of anilines is 2. The summed E-state index contributed by atoms with van der Waals surface area (Å²) in [5.41, 5.74) is 6.98. The number of amides is 1. The number of rotatable bonds is 8. The number of carbonyl (C=O) groups is 1. The molecule has 8 heteroatoms. The number of benzene rings is 3. The normalized spacial score (nSPS) is 11.0. The Balaban J connectivity index is 1.49. The van der Waals surface area contributed by atoms with Gasteiger partial charge < -0.3 is 15.0 Å². The molecule has 1 aromatic heterocycles. The van der Waals surface area contributed by atoms with E-state index in [1.54, 1.807) is 4.80 Å². The van der Waals surface area contributed by atoms with Crippen LogP contribution in [0.15, 0.2) is 48.5 Å². The second-order valence-electron chi connectivity index (χ2n) is 8.56. The SMILES string of the molecule is CCN(CC)c1ccc(-n2nc3cc(C)c(NC(=O)COc4c(C)cc(C)cc4Cl)cc3n2)cc1. The van der Waals surface area contributed by atoms with E-state index in [-0.39, 0.29) is 12.5 Å². The van der Waals surface area contributed by atoms with Gasteiger partial charge in [0.05, 0.1) is 10.7 Å². The van der Waals surface area contributed by atoms with E-state index in [9.17, 15) is 4.79 Å². The summed E-state index contributed by atoms with van der Waals surface area (Å²) in [6, 6.07) is 15.7. The molecule has 0 atom stereocenters. The van der Waals surface area contributed by atoms with Crippen LogP contribution in [0.1, 0.15) is 30.5 Å². The highest BCUT2D eigenvalue weighted by Crippen LogP contribution is 2.30. The van der Waals surface area contributed by atoms with Crippen molar-refractivity contribution in [2.24, 2.45) is 0 Å². The summed E-state index contributed by atoms with van der Waals surface area (Å²) in [7, 11) is 0. The molecule has 0 spiro atoms. The first kappa shape index (κ1) is 24.5. The van der Waals surface area contributed by atoms with Crippen LogP contribution in [0.3, 0.4) is 0 Å². The zero-order valence-electron chi connectivity index (χ0n) is 20.7. The number of halogens is 1. The molecule has 4 rings (SSSR count). The largest absolute Gasteiger partial charge is 0.482 e. The second-order valence-corrected chi connectivity index (χ2v) is 8.97. The van der Waals surface area contributed by atoms with Gasteiger partial charge in [-0.3, -0.25) is 4.79 Å². The van der Waals surface area contributed by atoms with Crippen LogP contribution in [0.2, 0.25) is 5.02 Å². The minimum Gasteiger partial charge on any atom is -0.482 e. The first-order valence-corrected chi connectivity index (χ1v) is 12.1. The van der Waals surface area contributed by atoms with Gasteiger partial charge in [-0.2, -0.15) is 4.80 Å². The molecule has 0 radical (unpaired) electrons. The first-order valence-electron chi connectivity index (χ1n) is 11.7. The molecule has 0 fully saturated rings. The summed E-state index contributed by atoms with van der Waals surface area (Å²) >= 11 is 6.28. The van der Waals surface area contributed by atoms with E-state index in [4.69, 9.17) is 16.3 Å². The topological polar surface area (TPSA) is 72.3 Å². The lowest BCUT2D eigenvalue weighted by atomic mass is 10.1. The van der Waals surface area contributed by atoms with Crippen LogP contribution < -0.4 is 15.0 Å². The van der Waals surface area contributed by atoms with Gasteiger partial charge >= 0.3 is 0 Å². The number of nitrogens with zero attached hydrogens (tertiary/aromatic N) is 4. The van der Waals surface area contributed by atoms with Crippen molar-refractivity contribution in [3.8, 4) is 11.4 Å². The average Bonchev–Trinajstić information content (AvgIpc) is 3.22. The summed E-state index contributed by atoms with van der Waals surface area (Å²) in [6.45, 7) is 11.8. The first-order chi connectivity index (χ1) is 16.8. The van der Waals surface area contributed by atoms with E-state index >= 15 is 0 Å². The van der Waals surface area contributed by atoms with Crippen LogP contribution in [0.4, 0.5) is 11.4 Å². The summed E-state index contributed by atoms with van der Waals surface area (Å²) < 4.78 is 5.71. The van der Waals surface area contributed by atoms with E-state index in [0.717, 1.165) is 41.0 Å². The highest BCUT2D eigenvalue weighted by atomic mass is 35.5. The third-order valence-electron chi connectivity index (χ3n) is 5.93. The number of aryl methyl sites for hydroxylation is 3. The minimum absolute atomic E-state index is 0.146.